The number of nitrogens with zero attached hydrogens (tertiary/aromatic N) is 1. The molecule has 1 rings (SSSR count). The molecule has 0 unspecified atom stereocenters. The predicted molar refractivity (Wildman–Crippen MR) is 78.8 cm³/mol. The molecule has 92 valence electrons. The highest BCUT2D eigenvalue weighted by molar-refractivity contribution is 5.66. The quantitative estimate of drug-likeness (QED) is 0.698. The number of halogens is 1. The summed E-state index contributed by atoms with van der Waals surface area (Å²) in [5, 5.41) is 1.15. The van der Waals surface area contributed by atoms with Crippen molar-refractivity contribution in [1.29, 1.82) is 0 Å². The molecule has 1 aromatic rings. The van der Waals surface area contributed by atoms with Crippen LogP contribution in [0.25, 0.3) is 24.3 Å². The number of aromatic nitrogens is 1. The summed E-state index contributed by atoms with van der Waals surface area (Å²) in [4.78, 5) is 0.605. The van der Waals surface area contributed by atoms with Gasteiger partial charge in [-0.3, -0.25) is 0 Å². The Bertz CT molecular complexity index is 627. The molecule has 1 heterocycles. The van der Waals surface area contributed by atoms with Crippen LogP contribution in [0.2, 0.25) is 0 Å². The van der Waals surface area contributed by atoms with Crippen molar-refractivity contribution in [1.82, 2.24) is 4.79 Å². The molecule has 0 amide bonds. The summed E-state index contributed by atoms with van der Waals surface area (Å²) < 4.78 is 14.2. The van der Waals surface area contributed by atoms with Crippen LogP contribution in [0, 0.1) is 0 Å². The molecule has 0 atom stereocenters. The van der Waals surface area contributed by atoms with Crippen molar-refractivity contribution >= 4 is 24.3 Å². The molecule has 0 aliphatic heterocycles. The standard InChI is InChI=1S/C16H16FN/c1-5-9-12-16-13(8-4)14(10-6-2)15(11-7-3)18(16)17/h5-12H,1-4H2/b12-9-,14-10-,15-11+. The Morgan fingerprint density at radius 3 is 2.11 bits per heavy atom. The van der Waals surface area contributed by atoms with E-state index in [-0.39, 0.29) is 0 Å². The Balaban J connectivity index is 3.86. The lowest BCUT2D eigenvalue weighted by molar-refractivity contribution is 0.356. The summed E-state index contributed by atoms with van der Waals surface area (Å²) >= 11 is 0. The van der Waals surface area contributed by atoms with Gasteiger partial charge in [-0.2, -0.15) is 4.79 Å². The molecule has 0 spiro atoms. The Labute approximate surface area is 107 Å². The monoisotopic (exact) mass is 241 g/mol. The average molecular weight is 241 g/mol. The van der Waals surface area contributed by atoms with Gasteiger partial charge in [0.25, 0.3) is 0 Å². The second-order valence-electron chi connectivity index (χ2n) is 3.48. The van der Waals surface area contributed by atoms with Crippen molar-refractivity contribution in [2.24, 2.45) is 0 Å². The van der Waals surface area contributed by atoms with E-state index >= 15 is 0 Å². The zero-order valence-electron chi connectivity index (χ0n) is 10.3. The molecule has 0 fully saturated rings. The summed E-state index contributed by atoms with van der Waals surface area (Å²) in [6.45, 7) is 14.5. The zero-order valence-corrected chi connectivity index (χ0v) is 10.3. The summed E-state index contributed by atoms with van der Waals surface area (Å²) in [6, 6.07) is 0. The average Bonchev–Trinajstić information content (AvgIpc) is 2.61. The van der Waals surface area contributed by atoms with E-state index in [2.05, 4.69) is 26.3 Å². The van der Waals surface area contributed by atoms with Crippen molar-refractivity contribution in [2.45, 2.75) is 0 Å². The van der Waals surface area contributed by atoms with Crippen LogP contribution in [0.5, 0.6) is 0 Å². The normalized spacial score (nSPS) is 12.9. The second kappa shape index (κ2) is 6.40. The van der Waals surface area contributed by atoms with Crippen LogP contribution < -0.4 is 10.6 Å². The third-order valence-electron chi connectivity index (χ3n) is 2.42. The molecular formula is C16H16FN. The summed E-state index contributed by atoms with van der Waals surface area (Å²) in [5.41, 5.74) is 1.13. The van der Waals surface area contributed by atoms with Gasteiger partial charge in [0.15, 0.2) is 0 Å². The largest absolute Gasteiger partial charge is 0.179 e. The molecule has 1 aromatic heterocycles. The van der Waals surface area contributed by atoms with Gasteiger partial charge in [0.1, 0.15) is 0 Å². The Kier molecular flexibility index (Phi) is 4.88. The first kappa shape index (κ1) is 13.7. The van der Waals surface area contributed by atoms with E-state index in [0.29, 0.717) is 21.4 Å². The van der Waals surface area contributed by atoms with Crippen LogP contribution in [-0.4, -0.2) is 4.79 Å². The Morgan fingerprint density at radius 1 is 0.944 bits per heavy atom. The molecular weight excluding hydrogens is 225 g/mol. The van der Waals surface area contributed by atoms with Crippen molar-refractivity contribution in [3.8, 4) is 0 Å². The van der Waals surface area contributed by atoms with Crippen LogP contribution in [0.1, 0.15) is 11.3 Å². The first-order valence-corrected chi connectivity index (χ1v) is 5.49. The summed E-state index contributed by atoms with van der Waals surface area (Å²) in [7, 11) is 0. The number of allylic oxidation sites excluding steroid dienone is 4. The molecule has 0 saturated heterocycles. The van der Waals surface area contributed by atoms with Crippen LogP contribution in [0.4, 0.5) is 4.48 Å². The number of hydrogen-bond acceptors (Lipinski definition) is 0. The highest BCUT2D eigenvalue weighted by atomic mass is 19.2. The first-order valence-electron chi connectivity index (χ1n) is 5.49. The smallest absolute Gasteiger partial charge is 0.0826 e. The van der Waals surface area contributed by atoms with Gasteiger partial charge < -0.3 is 0 Å². The maximum Gasteiger partial charge on any atom is 0.0826 e. The van der Waals surface area contributed by atoms with E-state index in [1.54, 1.807) is 48.6 Å². The highest BCUT2D eigenvalue weighted by Crippen LogP contribution is 2.08. The molecule has 0 aliphatic carbocycles. The van der Waals surface area contributed by atoms with Crippen molar-refractivity contribution < 1.29 is 4.48 Å². The molecule has 0 aliphatic rings. The fraction of sp³-hybridized carbons (Fsp3) is 0. The molecule has 0 bridgehead atoms. The SMILES string of the molecule is C=C/C=C\c1c(C=C)c(=C/C=C)/c(=C\C=C)n1F. The van der Waals surface area contributed by atoms with Gasteiger partial charge in [-0.25, -0.2) is 0 Å². The maximum absolute atomic E-state index is 14.2. The van der Waals surface area contributed by atoms with Gasteiger partial charge in [-0.15, -0.1) is 0 Å². The van der Waals surface area contributed by atoms with Gasteiger partial charge >= 0.3 is 0 Å². The van der Waals surface area contributed by atoms with E-state index in [1.807, 2.05) is 0 Å². The van der Waals surface area contributed by atoms with Crippen molar-refractivity contribution in [3.05, 3.63) is 72.4 Å². The third-order valence-corrected chi connectivity index (χ3v) is 2.42. The molecule has 0 N–H and O–H groups in total. The molecule has 18 heavy (non-hydrogen) atoms. The molecule has 0 radical (unpaired) electrons. The van der Waals surface area contributed by atoms with Crippen molar-refractivity contribution in [2.75, 3.05) is 0 Å². The third kappa shape index (κ3) is 2.48. The minimum Gasteiger partial charge on any atom is -0.179 e. The van der Waals surface area contributed by atoms with Gasteiger partial charge in [-0.1, -0.05) is 67.3 Å². The highest BCUT2D eigenvalue weighted by Gasteiger charge is 2.09. The van der Waals surface area contributed by atoms with Crippen LogP contribution >= 0.6 is 0 Å². The fourth-order valence-corrected chi connectivity index (χ4v) is 1.71. The van der Waals surface area contributed by atoms with E-state index in [4.69, 9.17) is 0 Å². The summed E-state index contributed by atoms with van der Waals surface area (Å²) in [5.74, 6) is 0. The van der Waals surface area contributed by atoms with Gasteiger partial charge in [0.2, 0.25) is 0 Å². The van der Waals surface area contributed by atoms with Gasteiger partial charge in [-0.05, 0) is 12.2 Å². The maximum atomic E-state index is 14.2. The van der Waals surface area contributed by atoms with Crippen LogP contribution in [0.15, 0.2) is 50.6 Å². The fourth-order valence-electron chi connectivity index (χ4n) is 1.71. The summed E-state index contributed by atoms with van der Waals surface area (Å²) in [6.07, 6.45) is 13.0. The predicted octanol–water partition coefficient (Wildman–Crippen LogP) is 3.00. The topological polar surface area (TPSA) is 4.93 Å². The Hall–Kier alpha value is -2.35. The minimum atomic E-state index is 0.420. The molecule has 0 saturated carbocycles. The van der Waals surface area contributed by atoms with Gasteiger partial charge in [0.05, 0.1) is 11.0 Å². The first-order chi connectivity index (χ1) is 8.71. The minimum absolute atomic E-state index is 0.420. The van der Waals surface area contributed by atoms with E-state index in [0.717, 1.165) is 5.22 Å². The lowest BCUT2D eigenvalue weighted by Gasteiger charge is -1.93. The second-order valence-corrected chi connectivity index (χ2v) is 3.48. The molecule has 1 nitrogen and oxygen atoms in total. The Morgan fingerprint density at radius 2 is 1.61 bits per heavy atom. The zero-order chi connectivity index (χ0) is 13.5. The van der Waals surface area contributed by atoms with E-state index in [9.17, 15) is 4.48 Å². The lowest BCUT2D eigenvalue weighted by Crippen LogP contribution is -2.26. The van der Waals surface area contributed by atoms with Crippen molar-refractivity contribution in [3.63, 3.8) is 0 Å². The van der Waals surface area contributed by atoms with Gasteiger partial charge in [0, 0.05) is 10.8 Å². The molecule has 2 heteroatoms. The van der Waals surface area contributed by atoms with Crippen LogP contribution in [-0.2, 0) is 0 Å². The van der Waals surface area contributed by atoms with Crippen LogP contribution in [0.3, 0.4) is 0 Å². The van der Waals surface area contributed by atoms with E-state index in [1.165, 1.54) is 0 Å². The lowest BCUT2D eigenvalue weighted by atomic mass is 10.1. The van der Waals surface area contributed by atoms with E-state index < -0.39 is 0 Å². The number of rotatable bonds is 5. The molecule has 0 aromatic carbocycles. The number of hydrogen-bond donors (Lipinski definition) is 0.